The number of alkyl halides is 3. The van der Waals surface area contributed by atoms with Crippen LogP contribution in [0.1, 0.15) is 23.6 Å². The van der Waals surface area contributed by atoms with Crippen LogP contribution < -0.4 is 4.74 Å². The fourth-order valence-corrected chi connectivity index (χ4v) is 1.88. The molecule has 0 aliphatic rings. The molecule has 2 aromatic rings. The van der Waals surface area contributed by atoms with E-state index >= 15 is 0 Å². The highest BCUT2D eigenvalue weighted by molar-refractivity contribution is 5.79. The van der Waals surface area contributed by atoms with Crippen molar-refractivity contribution in [1.29, 1.82) is 0 Å². The van der Waals surface area contributed by atoms with Crippen LogP contribution in [-0.4, -0.2) is 12.6 Å². The summed E-state index contributed by atoms with van der Waals surface area (Å²) in [5.74, 6) is -0.280. The highest BCUT2D eigenvalue weighted by Gasteiger charge is 2.31. The maximum atomic E-state index is 12.1. The quantitative estimate of drug-likeness (QED) is 0.570. The minimum absolute atomic E-state index is 0.0542. The number of hydrogen-bond acceptors (Lipinski definition) is 3. The van der Waals surface area contributed by atoms with Crippen LogP contribution in [0.25, 0.3) is 0 Å². The van der Waals surface area contributed by atoms with Crippen LogP contribution in [0.4, 0.5) is 13.2 Å². The van der Waals surface area contributed by atoms with Crippen LogP contribution in [0.5, 0.6) is 5.75 Å². The van der Waals surface area contributed by atoms with Gasteiger partial charge in [0.2, 0.25) is 0 Å². The highest BCUT2D eigenvalue weighted by atomic mass is 19.4. The van der Waals surface area contributed by atoms with Crippen molar-refractivity contribution in [2.24, 2.45) is 5.16 Å². The lowest BCUT2D eigenvalue weighted by atomic mass is 10.1. The summed E-state index contributed by atoms with van der Waals surface area (Å²) in [5.41, 5.74) is 2.64. The third-order valence-corrected chi connectivity index (χ3v) is 3.03. The minimum atomic E-state index is -4.71. The van der Waals surface area contributed by atoms with Gasteiger partial charge in [0.1, 0.15) is 12.4 Å². The van der Waals surface area contributed by atoms with Gasteiger partial charge in [-0.2, -0.15) is 0 Å². The van der Waals surface area contributed by atoms with Gasteiger partial charge in [0.25, 0.3) is 0 Å². The van der Waals surface area contributed by atoms with Gasteiger partial charge in [-0.3, -0.25) is 0 Å². The normalized spacial score (nSPS) is 11.7. The van der Waals surface area contributed by atoms with Gasteiger partial charge in [-0.1, -0.05) is 48.5 Å². The molecule has 0 spiro atoms. The maximum absolute atomic E-state index is 12.1. The molecule has 6 heteroatoms. The van der Waals surface area contributed by atoms with Crippen LogP contribution in [0, 0.1) is 0 Å². The molecule has 0 saturated heterocycles. The number of nitrogens with zero attached hydrogens (tertiary/aromatic N) is 1. The summed E-state index contributed by atoms with van der Waals surface area (Å²) in [6, 6.07) is 13.4. The monoisotopic (exact) mass is 323 g/mol. The lowest BCUT2D eigenvalue weighted by Crippen LogP contribution is -2.17. The predicted octanol–water partition coefficient (Wildman–Crippen LogP) is 4.70. The topological polar surface area (TPSA) is 30.8 Å². The largest absolute Gasteiger partial charge is 0.573 e. The number of halogens is 3. The molecule has 0 atom stereocenters. The Bertz CT molecular complexity index is 652. The van der Waals surface area contributed by atoms with Crippen LogP contribution in [0.3, 0.4) is 0 Å². The van der Waals surface area contributed by atoms with Crippen molar-refractivity contribution >= 4 is 6.21 Å². The first-order chi connectivity index (χ1) is 11.0. The summed E-state index contributed by atoms with van der Waals surface area (Å²) in [6.45, 7) is 2.13. The number of benzene rings is 2. The molecule has 0 heterocycles. The van der Waals surface area contributed by atoms with E-state index in [0.717, 1.165) is 12.0 Å². The molecule has 2 aromatic carbocycles. The summed E-state index contributed by atoms with van der Waals surface area (Å²) >= 11 is 0. The first kappa shape index (κ1) is 16.9. The van der Waals surface area contributed by atoms with E-state index in [1.54, 1.807) is 12.3 Å². The van der Waals surface area contributed by atoms with E-state index in [0.29, 0.717) is 5.56 Å². The molecule has 3 nitrogen and oxygen atoms in total. The van der Waals surface area contributed by atoms with Crippen molar-refractivity contribution in [2.45, 2.75) is 26.3 Å². The van der Waals surface area contributed by atoms with Crippen molar-refractivity contribution in [2.75, 3.05) is 0 Å². The Morgan fingerprint density at radius 1 is 1.04 bits per heavy atom. The van der Waals surface area contributed by atoms with Crippen LogP contribution in [0.15, 0.2) is 53.7 Å². The Labute approximate surface area is 132 Å². The summed E-state index contributed by atoms with van der Waals surface area (Å²) < 4.78 is 40.3. The van der Waals surface area contributed by atoms with E-state index in [-0.39, 0.29) is 12.4 Å². The average molecular weight is 323 g/mol. The molecule has 0 amide bonds. The number of ether oxygens (including phenoxy) is 1. The predicted molar refractivity (Wildman–Crippen MR) is 81.3 cm³/mol. The number of oxime groups is 1. The van der Waals surface area contributed by atoms with Crippen molar-refractivity contribution in [3.05, 3.63) is 65.2 Å². The second-order valence-corrected chi connectivity index (χ2v) is 4.80. The van der Waals surface area contributed by atoms with Gasteiger partial charge in [-0.25, -0.2) is 0 Å². The Morgan fingerprint density at radius 2 is 1.78 bits per heavy atom. The van der Waals surface area contributed by atoms with E-state index in [4.69, 9.17) is 4.84 Å². The third kappa shape index (κ3) is 6.02. The molecule has 23 heavy (non-hydrogen) atoms. The first-order valence-electron chi connectivity index (χ1n) is 7.05. The zero-order chi connectivity index (χ0) is 16.7. The molecule has 0 N–H and O–H groups in total. The van der Waals surface area contributed by atoms with Gasteiger partial charge < -0.3 is 9.57 Å². The Kier molecular flexibility index (Phi) is 5.62. The Hall–Kier alpha value is -2.50. The zero-order valence-electron chi connectivity index (χ0n) is 12.5. The van der Waals surface area contributed by atoms with Crippen molar-refractivity contribution in [3.8, 4) is 5.75 Å². The first-order valence-corrected chi connectivity index (χ1v) is 7.05. The van der Waals surface area contributed by atoms with E-state index in [9.17, 15) is 13.2 Å². The summed E-state index contributed by atoms with van der Waals surface area (Å²) in [7, 11) is 0. The molecule has 0 fully saturated rings. The molecule has 0 aliphatic carbocycles. The van der Waals surface area contributed by atoms with Gasteiger partial charge >= 0.3 is 6.36 Å². The second-order valence-electron chi connectivity index (χ2n) is 4.80. The Balaban J connectivity index is 1.88. The number of hydrogen-bond donors (Lipinski definition) is 0. The summed E-state index contributed by atoms with van der Waals surface area (Å²) in [6.07, 6.45) is -2.19. The third-order valence-electron chi connectivity index (χ3n) is 3.03. The molecular formula is C17H16F3NO2. The van der Waals surface area contributed by atoms with Crippen LogP contribution in [-0.2, 0) is 17.9 Å². The van der Waals surface area contributed by atoms with E-state index < -0.39 is 6.36 Å². The molecular weight excluding hydrogens is 307 g/mol. The van der Waals surface area contributed by atoms with E-state index in [1.165, 1.54) is 23.8 Å². The van der Waals surface area contributed by atoms with E-state index in [2.05, 4.69) is 16.8 Å². The van der Waals surface area contributed by atoms with E-state index in [1.807, 2.05) is 24.3 Å². The van der Waals surface area contributed by atoms with Crippen molar-refractivity contribution in [3.63, 3.8) is 0 Å². The van der Waals surface area contributed by atoms with Gasteiger partial charge in [0.15, 0.2) is 0 Å². The fraction of sp³-hybridized carbons (Fsp3) is 0.235. The lowest BCUT2D eigenvalue weighted by molar-refractivity contribution is -0.274. The standard InChI is InChI=1S/C17H16F3NO2/c1-2-13-6-8-14(9-7-13)11-21-22-12-15-4-3-5-16(10-15)23-17(18,19)20/h3-11H,2,12H2,1H3. The molecule has 0 radical (unpaired) electrons. The fourth-order valence-electron chi connectivity index (χ4n) is 1.88. The minimum Gasteiger partial charge on any atom is -0.406 e. The number of aryl methyl sites for hydroxylation is 1. The lowest BCUT2D eigenvalue weighted by Gasteiger charge is -2.09. The van der Waals surface area contributed by atoms with Crippen LogP contribution in [0.2, 0.25) is 0 Å². The zero-order valence-corrected chi connectivity index (χ0v) is 12.5. The summed E-state index contributed by atoms with van der Waals surface area (Å²) in [5, 5.41) is 3.81. The van der Waals surface area contributed by atoms with Crippen molar-refractivity contribution < 1.29 is 22.7 Å². The Morgan fingerprint density at radius 3 is 2.43 bits per heavy atom. The van der Waals surface area contributed by atoms with Gasteiger partial charge in [-0.05, 0) is 35.2 Å². The molecule has 2 rings (SSSR count). The second kappa shape index (κ2) is 7.67. The molecule has 0 saturated carbocycles. The molecule has 0 aromatic heterocycles. The average Bonchev–Trinajstić information content (AvgIpc) is 2.51. The molecule has 0 bridgehead atoms. The molecule has 0 unspecified atom stereocenters. The summed E-state index contributed by atoms with van der Waals surface area (Å²) in [4.78, 5) is 5.10. The molecule has 122 valence electrons. The molecule has 0 aliphatic heterocycles. The number of rotatable bonds is 6. The van der Waals surface area contributed by atoms with Gasteiger partial charge in [0, 0.05) is 0 Å². The highest BCUT2D eigenvalue weighted by Crippen LogP contribution is 2.23. The van der Waals surface area contributed by atoms with Gasteiger partial charge in [-0.15, -0.1) is 13.2 Å². The smallest absolute Gasteiger partial charge is 0.406 e. The maximum Gasteiger partial charge on any atom is 0.573 e. The van der Waals surface area contributed by atoms with Crippen molar-refractivity contribution in [1.82, 2.24) is 0 Å². The van der Waals surface area contributed by atoms with Crippen LogP contribution >= 0.6 is 0 Å². The SMILES string of the molecule is CCc1ccc(C=NOCc2cccc(OC(F)(F)F)c2)cc1. The van der Waals surface area contributed by atoms with Gasteiger partial charge in [0.05, 0.1) is 6.21 Å².